The number of nitrogens with zero attached hydrogens (tertiary/aromatic N) is 4. The van der Waals surface area contributed by atoms with E-state index in [9.17, 15) is 0 Å². The van der Waals surface area contributed by atoms with E-state index in [-0.39, 0.29) is 0 Å². The second-order valence-corrected chi connectivity index (χ2v) is 15.7. The van der Waals surface area contributed by atoms with Gasteiger partial charge in [-0.05, 0) is 125 Å². The molecule has 0 aliphatic rings. The van der Waals surface area contributed by atoms with E-state index in [0.29, 0.717) is 17.5 Å². The predicted molar refractivity (Wildman–Crippen MR) is 267 cm³/mol. The molecule has 4 heteroatoms. The van der Waals surface area contributed by atoms with Gasteiger partial charge in [-0.15, -0.1) is 0 Å². The van der Waals surface area contributed by atoms with Crippen LogP contribution >= 0.6 is 0 Å². The highest BCUT2D eigenvalue weighted by atomic mass is 15.0. The summed E-state index contributed by atoms with van der Waals surface area (Å²) >= 11 is 0. The molecule has 0 saturated heterocycles. The molecule has 0 aliphatic carbocycles. The summed E-state index contributed by atoms with van der Waals surface area (Å²) in [6, 6.07) is 69.0. The highest BCUT2D eigenvalue weighted by Crippen LogP contribution is 2.44. The van der Waals surface area contributed by atoms with Crippen molar-refractivity contribution in [2.24, 2.45) is 4.99 Å². The Morgan fingerprint density at radius 1 is 0.397 bits per heavy atom. The molecule has 11 rings (SSSR count). The Hall–Kier alpha value is -8.34. The normalized spacial score (nSPS) is 12.0. The highest BCUT2D eigenvalue weighted by Gasteiger charge is 2.20. The summed E-state index contributed by atoms with van der Waals surface area (Å²) in [6.07, 6.45) is 5.52. The monoisotopic (exact) mass is 804 g/mol. The Morgan fingerprint density at radius 3 is 1.49 bits per heavy atom. The van der Waals surface area contributed by atoms with Crippen LogP contribution in [0, 0.1) is 0 Å². The number of allylic oxidation sites excluding steroid dienone is 2. The van der Waals surface area contributed by atoms with E-state index >= 15 is 0 Å². The standard InChI is InChI=1S/C59H40N4/c1-3-38(37-60-4-2)41-33-42(54-36-55-49-27-14-12-24-46(49)47-25-15-17-29-51(47)56(55)52-30-18-16-28-50(52)54)35-43(34-41)58-61-57(40-21-9-6-10-22-40)62-59(63-58)53-32-31-44(39-19-7-5-8-20-39)45-23-11-13-26-48(45)53/h3-37H,2H2,1H3/b38-3+,60-37?. The molecule has 296 valence electrons. The van der Waals surface area contributed by atoms with Gasteiger partial charge < -0.3 is 0 Å². The van der Waals surface area contributed by atoms with Crippen molar-refractivity contribution in [2.75, 3.05) is 0 Å². The fraction of sp³-hybridized carbons (Fsp3) is 0.0169. The van der Waals surface area contributed by atoms with Crippen LogP contribution in [0.1, 0.15) is 12.5 Å². The lowest BCUT2D eigenvalue weighted by Gasteiger charge is -2.18. The molecule has 0 spiro atoms. The smallest absolute Gasteiger partial charge is 0.164 e. The first-order valence-electron chi connectivity index (χ1n) is 21.3. The van der Waals surface area contributed by atoms with Crippen molar-refractivity contribution in [3.8, 4) is 56.4 Å². The molecule has 0 aliphatic heterocycles. The summed E-state index contributed by atoms with van der Waals surface area (Å²) < 4.78 is 0. The van der Waals surface area contributed by atoms with Crippen LogP contribution in [0.5, 0.6) is 0 Å². The molecule has 0 saturated carbocycles. The minimum Gasteiger partial charge on any atom is -0.265 e. The molecule has 0 atom stereocenters. The molecule has 0 amide bonds. The summed E-state index contributed by atoms with van der Waals surface area (Å²) in [6.45, 7) is 5.91. The molecular weight excluding hydrogens is 765 g/mol. The second kappa shape index (κ2) is 15.9. The maximum absolute atomic E-state index is 5.37. The molecule has 0 fully saturated rings. The molecule has 0 radical (unpaired) electrons. The summed E-state index contributed by atoms with van der Waals surface area (Å²) in [5, 5.41) is 12.0. The SMILES string of the molecule is C=CN=C/C(=C\C)c1cc(-c2nc(-c3ccccc3)nc(-c3ccc(-c4ccccc4)c4ccccc34)n2)cc(-c2cc3c4ccccc4c4ccccc4c3c3ccccc23)c1. The van der Waals surface area contributed by atoms with E-state index in [1.807, 2.05) is 31.3 Å². The number of aliphatic imine (C=N–C) groups is 1. The zero-order chi connectivity index (χ0) is 42.3. The first-order chi connectivity index (χ1) is 31.2. The molecule has 0 bridgehead atoms. The molecule has 1 heterocycles. The average molecular weight is 805 g/mol. The largest absolute Gasteiger partial charge is 0.265 e. The van der Waals surface area contributed by atoms with Gasteiger partial charge in [-0.25, -0.2) is 15.0 Å². The van der Waals surface area contributed by atoms with Gasteiger partial charge in [-0.2, -0.15) is 0 Å². The number of fused-ring (bicyclic) bond motifs is 9. The second-order valence-electron chi connectivity index (χ2n) is 15.7. The van der Waals surface area contributed by atoms with Crippen molar-refractivity contribution in [3.05, 3.63) is 219 Å². The summed E-state index contributed by atoms with van der Waals surface area (Å²) in [7, 11) is 0. The minimum atomic E-state index is 0.579. The third kappa shape index (κ3) is 6.66. The van der Waals surface area contributed by atoms with Crippen LogP contribution in [-0.4, -0.2) is 21.2 Å². The van der Waals surface area contributed by atoms with Crippen LogP contribution in [0.2, 0.25) is 0 Å². The van der Waals surface area contributed by atoms with Gasteiger partial charge in [0, 0.05) is 29.1 Å². The summed E-state index contributed by atoms with van der Waals surface area (Å²) in [5.41, 5.74) is 9.16. The summed E-state index contributed by atoms with van der Waals surface area (Å²) in [4.78, 5) is 20.3. The van der Waals surface area contributed by atoms with Gasteiger partial charge in [0.15, 0.2) is 17.5 Å². The zero-order valence-electron chi connectivity index (χ0n) is 34.7. The number of hydrogen-bond donors (Lipinski definition) is 0. The lowest BCUT2D eigenvalue weighted by atomic mass is 9.86. The fourth-order valence-electron chi connectivity index (χ4n) is 9.24. The Labute approximate surface area is 365 Å². The molecule has 0 unspecified atom stereocenters. The van der Waals surface area contributed by atoms with Crippen LogP contribution in [0.25, 0.3) is 116 Å². The van der Waals surface area contributed by atoms with Crippen molar-refractivity contribution in [2.45, 2.75) is 6.92 Å². The molecular formula is C59H40N4. The molecule has 4 nitrogen and oxygen atoms in total. The Balaban J connectivity index is 1.20. The van der Waals surface area contributed by atoms with Gasteiger partial charge in [0.2, 0.25) is 0 Å². The number of benzene rings is 10. The summed E-state index contributed by atoms with van der Waals surface area (Å²) in [5.74, 6) is 1.79. The quantitative estimate of drug-likeness (QED) is 0.114. The maximum Gasteiger partial charge on any atom is 0.164 e. The van der Waals surface area contributed by atoms with Crippen LogP contribution in [0.4, 0.5) is 0 Å². The molecule has 63 heavy (non-hydrogen) atoms. The van der Waals surface area contributed by atoms with Gasteiger partial charge in [0.05, 0.1) is 0 Å². The van der Waals surface area contributed by atoms with Gasteiger partial charge in [0.1, 0.15) is 0 Å². The van der Waals surface area contributed by atoms with Crippen LogP contribution < -0.4 is 0 Å². The fourth-order valence-corrected chi connectivity index (χ4v) is 9.24. The topological polar surface area (TPSA) is 51.0 Å². The molecule has 10 aromatic carbocycles. The number of rotatable bonds is 8. The van der Waals surface area contributed by atoms with E-state index in [4.69, 9.17) is 15.0 Å². The van der Waals surface area contributed by atoms with Gasteiger partial charge in [-0.3, -0.25) is 4.99 Å². The third-order valence-electron chi connectivity index (χ3n) is 12.1. The van der Waals surface area contributed by atoms with E-state index in [1.54, 1.807) is 6.20 Å². The zero-order valence-corrected chi connectivity index (χ0v) is 34.7. The molecule has 1 aromatic heterocycles. The van der Waals surface area contributed by atoms with Gasteiger partial charge in [0.25, 0.3) is 0 Å². The van der Waals surface area contributed by atoms with E-state index < -0.39 is 0 Å². The third-order valence-corrected chi connectivity index (χ3v) is 12.1. The average Bonchev–Trinajstić information content (AvgIpc) is 3.36. The minimum absolute atomic E-state index is 0.579. The molecule has 0 N–H and O–H groups in total. The van der Waals surface area contributed by atoms with Crippen molar-refractivity contribution in [3.63, 3.8) is 0 Å². The number of aromatic nitrogens is 3. The highest BCUT2D eigenvalue weighted by molar-refractivity contribution is 6.33. The van der Waals surface area contributed by atoms with Gasteiger partial charge >= 0.3 is 0 Å². The first-order valence-corrected chi connectivity index (χ1v) is 21.3. The van der Waals surface area contributed by atoms with Crippen molar-refractivity contribution < 1.29 is 0 Å². The van der Waals surface area contributed by atoms with Crippen molar-refractivity contribution in [1.82, 2.24) is 15.0 Å². The Bertz CT molecular complexity index is 3640. The van der Waals surface area contributed by atoms with E-state index in [2.05, 4.69) is 194 Å². The maximum atomic E-state index is 5.37. The lowest BCUT2D eigenvalue weighted by molar-refractivity contribution is 1.08. The van der Waals surface area contributed by atoms with E-state index in [1.165, 1.54) is 43.1 Å². The Kier molecular flexibility index (Phi) is 9.52. The lowest BCUT2D eigenvalue weighted by Crippen LogP contribution is -2.01. The predicted octanol–water partition coefficient (Wildman–Crippen LogP) is 15.6. The molecule has 11 aromatic rings. The van der Waals surface area contributed by atoms with Crippen LogP contribution in [0.3, 0.4) is 0 Å². The van der Waals surface area contributed by atoms with Gasteiger partial charge in [-0.1, -0.05) is 176 Å². The van der Waals surface area contributed by atoms with E-state index in [0.717, 1.165) is 60.9 Å². The first kappa shape index (κ1) is 37.6. The van der Waals surface area contributed by atoms with Crippen molar-refractivity contribution in [1.29, 1.82) is 0 Å². The van der Waals surface area contributed by atoms with Crippen molar-refractivity contribution >= 4 is 65.6 Å². The number of hydrogen-bond acceptors (Lipinski definition) is 4. The van der Waals surface area contributed by atoms with Crippen LogP contribution in [-0.2, 0) is 0 Å². The van der Waals surface area contributed by atoms with Crippen LogP contribution in [0.15, 0.2) is 218 Å². The Morgan fingerprint density at radius 2 is 0.857 bits per heavy atom.